The van der Waals surface area contributed by atoms with Crippen LogP contribution in [0.2, 0.25) is 0 Å². The number of methoxy groups -OCH3 is 1. The van der Waals surface area contributed by atoms with Crippen LogP contribution in [-0.4, -0.2) is 19.6 Å². The highest BCUT2D eigenvalue weighted by molar-refractivity contribution is 5.93. The lowest BCUT2D eigenvalue weighted by atomic mass is 10.1. The molecule has 0 spiro atoms. The third kappa shape index (κ3) is 4.50. The number of ether oxygens (including phenoxy) is 1. The summed E-state index contributed by atoms with van der Waals surface area (Å²) in [6, 6.07) is 10.4. The molecule has 2 aromatic carbocycles. The van der Waals surface area contributed by atoms with Crippen LogP contribution < -0.4 is 15.4 Å². The minimum absolute atomic E-state index is 0.0260. The van der Waals surface area contributed by atoms with Crippen LogP contribution in [0.5, 0.6) is 5.75 Å². The van der Waals surface area contributed by atoms with Gasteiger partial charge >= 0.3 is 0 Å². The molecule has 0 radical (unpaired) electrons. The third-order valence-corrected chi connectivity index (χ3v) is 3.39. The molecule has 2 aromatic rings. The molecule has 0 heterocycles. The summed E-state index contributed by atoms with van der Waals surface area (Å²) in [6.45, 7) is 1.79. The zero-order chi connectivity index (χ0) is 16.8. The van der Waals surface area contributed by atoms with Crippen molar-refractivity contribution in [2.24, 2.45) is 0 Å². The lowest BCUT2D eigenvalue weighted by molar-refractivity contribution is -0.115. The summed E-state index contributed by atoms with van der Waals surface area (Å²) in [5.41, 5.74) is 1.14. The number of carbonyl (C=O) groups is 1. The van der Waals surface area contributed by atoms with Crippen molar-refractivity contribution in [1.82, 2.24) is 5.32 Å². The Morgan fingerprint density at radius 1 is 1.17 bits per heavy atom. The zero-order valence-electron chi connectivity index (χ0n) is 12.9. The maximum absolute atomic E-state index is 13.2. The smallest absolute Gasteiger partial charge is 0.238 e. The number of benzene rings is 2. The molecule has 6 heteroatoms. The summed E-state index contributed by atoms with van der Waals surface area (Å²) in [5.74, 6) is -1.50. The Labute approximate surface area is 133 Å². The van der Waals surface area contributed by atoms with Crippen LogP contribution in [-0.2, 0) is 4.79 Å². The summed E-state index contributed by atoms with van der Waals surface area (Å²) in [6.07, 6.45) is 0. The third-order valence-electron chi connectivity index (χ3n) is 3.39. The summed E-state index contributed by atoms with van der Waals surface area (Å²) in [4.78, 5) is 12.0. The number of amides is 1. The second-order valence-corrected chi connectivity index (χ2v) is 5.02. The average molecular weight is 320 g/mol. The molecule has 0 fully saturated rings. The van der Waals surface area contributed by atoms with Gasteiger partial charge in [0.15, 0.2) is 11.6 Å². The maximum Gasteiger partial charge on any atom is 0.238 e. The number of hydrogen-bond acceptors (Lipinski definition) is 3. The first kappa shape index (κ1) is 16.9. The van der Waals surface area contributed by atoms with Crippen LogP contribution in [0, 0.1) is 11.6 Å². The number of rotatable bonds is 6. The quantitative estimate of drug-likeness (QED) is 0.859. The highest BCUT2D eigenvalue weighted by atomic mass is 19.2. The Hall–Kier alpha value is -2.47. The molecule has 0 aromatic heterocycles. The van der Waals surface area contributed by atoms with E-state index in [1.807, 2.05) is 0 Å². The predicted octanol–water partition coefficient (Wildman–Crippen LogP) is 3.26. The number of nitrogens with one attached hydrogen (secondary N) is 2. The van der Waals surface area contributed by atoms with E-state index in [4.69, 9.17) is 4.74 Å². The fourth-order valence-electron chi connectivity index (χ4n) is 2.09. The van der Waals surface area contributed by atoms with Crippen molar-refractivity contribution < 1.29 is 18.3 Å². The molecule has 0 saturated carbocycles. The average Bonchev–Trinajstić information content (AvgIpc) is 2.55. The molecule has 122 valence electrons. The van der Waals surface area contributed by atoms with Gasteiger partial charge in [-0.3, -0.25) is 4.79 Å². The van der Waals surface area contributed by atoms with E-state index in [9.17, 15) is 13.6 Å². The molecule has 0 bridgehead atoms. The van der Waals surface area contributed by atoms with E-state index in [0.717, 1.165) is 12.1 Å². The van der Waals surface area contributed by atoms with Gasteiger partial charge in [-0.05, 0) is 36.8 Å². The summed E-state index contributed by atoms with van der Waals surface area (Å²) >= 11 is 0. The van der Waals surface area contributed by atoms with E-state index in [1.165, 1.54) is 13.2 Å². The van der Waals surface area contributed by atoms with Crippen LogP contribution in [0.4, 0.5) is 14.5 Å². The number of halogens is 2. The van der Waals surface area contributed by atoms with Gasteiger partial charge in [-0.2, -0.15) is 0 Å². The second kappa shape index (κ2) is 7.69. The highest BCUT2D eigenvalue weighted by Gasteiger charge is 2.11. The molecule has 0 saturated heterocycles. The molecule has 1 atom stereocenters. The minimum Gasteiger partial charge on any atom is -0.495 e. The van der Waals surface area contributed by atoms with Gasteiger partial charge in [0, 0.05) is 6.04 Å². The van der Waals surface area contributed by atoms with Crippen molar-refractivity contribution in [3.8, 4) is 5.75 Å². The first-order valence-electron chi connectivity index (χ1n) is 7.12. The van der Waals surface area contributed by atoms with Crippen LogP contribution in [0.15, 0.2) is 42.5 Å². The van der Waals surface area contributed by atoms with Crippen molar-refractivity contribution in [3.63, 3.8) is 0 Å². The molecular formula is C17H18F2N2O2. The molecule has 0 aliphatic rings. The number of hydrogen-bond donors (Lipinski definition) is 2. The molecule has 2 N–H and O–H groups in total. The molecule has 0 aliphatic heterocycles. The molecule has 2 rings (SSSR count). The predicted molar refractivity (Wildman–Crippen MR) is 84.4 cm³/mol. The standard InChI is InChI=1S/C17H18F2N2O2/c1-11(12-7-8-13(18)14(19)9-12)20-10-17(22)21-15-5-3-4-6-16(15)23-2/h3-9,11,20H,10H2,1-2H3,(H,21,22)/t11-/m0/s1. The monoisotopic (exact) mass is 320 g/mol. The molecule has 1 amide bonds. The van der Waals surface area contributed by atoms with Gasteiger partial charge in [-0.25, -0.2) is 8.78 Å². The summed E-state index contributed by atoms with van der Waals surface area (Å²) < 4.78 is 31.3. The van der Waals surface area contributed by atoms with Gasteiger partial charge in [0.05, 0.1) is 19.3 Å². The first-order chi connectivity index (χ1) is 11.0. The number of anilines is 1. The lowest BCUT2D eigenvalue weighted by Crippen LogP contribution is -2.30. The normalized spacial score (nSPS) is 11.8. The Balaban J connectivity index is 1.92. The minimum atomic E-state index is -0.908. The Morgan fingerprint density at radius 3 is 2.61 bits per heavy atom. The number of para-hydroxylation sites is 2. The molecule has 0 aliphatic carbocycles. The van der Waals surface area contributed by atoms with Crippen molar-refractivity contribution in [2.45, 2.75) is 13.0 Å². The zero-order valence-corrected chi connectivity index (χ0v) is 12.9. The fraction of sp³-hybridized carbons (Fsp3) is 0.235. The fourth-order valence-corrected chi connectivity index (χ4v) is 2.09. The largest absolute Gasteiger partial charge is 0.495 e. The Morgan fingerprint density at radius 2 is 1.91 bits per heavy atom. The van der Waals surface area contributed by atoms with Crippen LogP contribution in [0.1, 0.15) is 18.5 Å². The highest BCUT2D eigenvalue weighted by Crippen LogP contribution is 2.22. The Bertz CT molecular complexity index is 692. The van der Waals surface area contributed by atoms with Gasteiger partial charge in [-0.15, -0.1) is 0 Å². The molecule has 4 nitrogen and oxygen atoms in total. The van der Waals surface area contributed by atoms with Crippen LogP contribution in [0.3, 0.4) is 0 Å². The van der Waals surface area contributed by atoms with E-state index in [-0.39, 0.29) is 18.5 Å². The van der Waals surface area contributed by atoms with E-state index in [2.05, 4.69) is 10.6 Å². The van der Waals surface area contributed by atoms with Crippen molar-refractivity contribution >= 4 is 11.6 Å². The molecule has 23 heavy (non-hydrogen) atoms. The van der Waals surface area contributed by atoms with Crippen molar-refractivity contribution in [1.29, 1.82) is 0 Å². The van der Waals surface area contributed by atoms with E-state index in [0.29, 0.717) is 17.0 Å². The maximum atomic E-state index is 13.2. The van der Waals surface area contributed by atoms with Gasteiger partial charge in [0.2, 0.25) is 5.91 Å². The topological polar surface area (TPSA) is 50.4 Å². The van der Waals surface area contributed by atoms with Crippen molar-refractivity contribution in [3.05, 3.63) is 59.7 Å². The van der Waals surface area contributed by atoms with Gasteiger partial charge < -0.3 is 15.4 Å². The number of carbonyl (C=O) groups excluding carboxylic acids is 1. The summed E-state index contributed by atoms with van der Waals surface area (Å²) in [5, 5.41) is 5.69. The van der Waals surface area contributed by atoms with Crippen LogP contribution in [0.25, 0.3) is 0 Å². The molecular weight excluding hydrogens is 302 g/mol. The SMILES string of the molecule is COc1ccccc1NC(=O)CN[C@@H](C)c1ccc(F)c(F)c1. The lowest BCUT2D eigenvalue weighted by Gasteiger charge is -2.15. The van der Waals surface area contributed by atoms with E-state index < -0.39 is 11.6 Å². The van der Waals surface area contributed by atoms with Crippen molar-refractivity contribution in [2.75, 3.05) is 19.0 Å². The van der Waals surface area contributed by atoms with E-state index >= 15 is 0 Å². The Kier molecular flexibility index (Phi) is 5.65. The van der Waals surface area contributed by atoms with Gasteiger partial charge in [-0.1, -0.05) is 18.2 Å². The van der Waals surface area contributed by atoms with Gasteiger partial charge in [0.1, 0.15) is 5.75 Å². The summed E-state index contributed by atoms with van der Waals surface area (Å²) in [7, 11) is 1.52. The first-order valence-corrected chi connectivity index (χ1v) is 7.12. The second-order valence-electron chi connectivity index (χ2n) is 5.02. The van der Waals surface area contributed by atoms with Crippen LogP contribution >= 0.6 is 0 Å². The van der Waals surface area contributed by atoms with Gasteiger partial charge in [0.25, 0.3) is 0 Å². The van der Waals surface area contributed by atoms with E-state index in [1.54, 1.807) is 31.2 Å². The molecule has 0 unspecified atom stereocenters.